The van der Waals surface area contributed by atoms with Crippen molar-refractivity contribution in [3.05, 3.63) is 57.9 Å². The van der Waals surface area contributed by atoms with Crippen molar-refractivity contribution in [1.82, 2.24) is 4.90 Å². The number of aliphatic hydroxyl groups is 3. The van der Waals surface area contributed by atoms with Crippen molar-refractivity contribution in [1.29, 1.82) is 0 Å². The molecule has 6 N–H and O–H groups in total. The number of primary amides is 1. The molecule has 0 saturated heterocycles. The van der Waals surface area contributed by atoms with Crippen molar-refractivity contribution in [3.8, 4) is 5.75 Å². The van der Waals surface area contributed by atoms with Gasteiger partial charge in [0.15, 0.2) is 5.78 Å². The first-order chi connectivity index (χ1) is 16.1. The first kappa shape index (κ1) is 22.7. The van der Waals surface area contributed by atoms with Crippen molar-refractivity contribution >= 4 is 17.4 Å². The molecule has 8 heteroatoms. The molecule has 0 aromatic heterocycles. The van der Waals surface area contributed by atoms with Gasteiger partial charge in [0, 0.05) is 37.2 Å². The van der Waals surface area contributed by atoms with Crippen LogP contribution in [0.15, 0.2) is 41.2 Å². The molecule has 4 aliphatic rings. The van der Waals surface area contributed by atoms with E-state index in [-0.39, 0.29) is 46.3 Å². The Morgan fingerprint density at radius 3 is 2.65 bits per heavy atom. The SMILES string of the molecule is CC1(O)C(C(N)=O)=C(O)CC2CC3Cc4ccc(CN5CC=CCC5)c(O)c4C(O)=C3C(=O)C21. The Labute approximate surface area is 197 Å². The number of phenols is 1. The Morgan fingerprint density at radius 1 is 1.21 bits per heavy atom. The molecule has 0 bridgehead atoms. The largest absolute Gasteiger partial charge is 0.512 e. The number of nitrogens with zero attached hydrogens (tertiary/aromatic N) is 1. The van der Waals surface area contributed by atoms with E-state index in [0.717, 1.165) is 25.1 Å². The summed E-state index contributed by atoms with van der Waals surface area (Å²) >= 11 is 0. The molecule has 1 aliphatic heterocycles. The van der Waals surface area contributed by atoms with Crippen LogP contribution in [0.2, 0.25) is 0 Å². The van der Waals surface area contributed by atoms with E-state index >= 15 is 0 Å². The predicted octanol–water partition coefficient (Wildman–Crippen LogP) is 2.25. The number of carbonyl (C=O) groups is 2. The fraction of sp³-hybridized carbons (Fsp3) is 0.462. The summed E-state index contributed by atoms with van der Waals surface area (Å²) in [6.45, 7) is 3.50. The molecule has 1 fully saturated rings. The summed E-state index contributed by atoms with van der Waals surface area (Å²) in [5, 5.41) is 44.0. The number of amides is 1. The van der Waals surface area contributed by atoms with Crippen LogP contribution in [0.3, 0.4) is 0 Å². The van der Waals surface area contributed by atoms with Crippen LogP contribution >= 0.6 is 0 Å². The van der Waals surface area contributed by atoms with Gasteiger partial charge in [-0.2, -0.15) is 0 Å². The lowest BCUT2D eigenvalue weighted by atomic mass is 9.57. The summed E-state index contributed by atoms with van der Waals surface area (Å²) < 4.78 is 0. The third kappa shape index (κ3) is 3.35. The van der Waals surface area contributed by atoms with Gasteiger partial charge in [-0.3, -0.25) is 14.5 Å². The lowest BCUT2D eigenvalue weighted by molar-refractivity contribution is -0.136. The van der Waals surface area contributed by atoms with E-state index in [9.17, 15) is 30.0 Å². The lowest BCUT2D eigenvalue weighted by Crippen LogP contribution is -2.55. The van der Waals surface area contributed by atoms with Crippen molar-refractivity contribution in [3.63, 3.8) is 0 Å². The second-order valence-corrected chi connectivity index (χ2v) is 10.1. The highest BCUT2D eigenvalue weighted by molar-refractivity contribution is 6.08. The van der Waals surface area contributed by atoms with Gasteiger partial charge >= 0.3 is 0 Å². The highest BCUT2D eigenvalue weighted by Gasteiger charge is 2.56. The summed E-state index contributed by atoms with van der Waals surface area (Å²) in [5.41, 5.74) is 4.98. The van der Waals surface area contributed by atoms with E-state index in [2.05, 4.69) is 17.1 Å². The van der Waals surface area contributed by atoms with Gasteiger partial charge in [-0.05, 0) is 43.6 Å². The van der Waals surface area contributed by atoms with E-state index in [1.807, 2.05) is 12.1 Å². The normalized spacial score (nSPS) is 31.2. The molecule has 34 heavy (non-hydrogen) atoms. The monoisotopic (exact) mass is 466 g/mol. The van der Waals surface area contributed by atoms with E-state index in [0.29, 0.717) is 24.9 Å². The number of rotatable bonds is 3. The molecule has 1 saturated carbocycles. The fourth-order valence-electron chi connectivity index (χ4n) is 6.52. The minimum absolute atomic E-state index is 0.0313. The van der Waals surface area contributed by atoms with Gasteiger partial charge < -0.3 is 26.2 Å². The van der Waals surface area contributed by atoms with Crippen molar-refractivity contribution in [2.75, 3.05) is 13.1 Å². The Bertz CT molecular complexity index is 1180. The topological polar surface area (TPSA) is 144 Å². The number of ketones is 1. The van der Waals surface area contributed by atoms with Gasteiger partial charge in [0.05, 0.1) is 17.1 Å². The van der Waals surface area contributed by atoms with Crippen LogP contribution in [0.4, 0.5) is 0 Å². The number of hydrogen-bond donors (Lipinski definition) is 5. The maximum atomic E-state index is 13.7. The molecule has 1 heterocycles. The van der Waals surface area contributed by atoms with Crippen LogP contribution in [0.1, 0.15) is 42.9 Å². The quantitative estimate of drug-likeness (QED) is 0.430. The van der Waals surface area contributed by atoms with Crippen LogP contribution in [-0.2, 0) is 22.6 Å². The Kier molecular flexibility index (Phi) is 5.33. The zero-order chi connectivity index (χ0) is 24.4. The molecule has 1 aromatic carbocycles. The first-order valence-corrected chi connectivity index (χ1v) is 11.7. The fourth-order valence-corrected chi connectivity index (χ4v) is 6.52. The second-order valence-electron chi connectivity index (χ2n) is 10.1. The van der Waals surface area contributed by atoms with E-state index in [1.165, 1.54) is 6.92 Å². The van der Waals surface area contributed by atoms with Crippen molar-refractivity contribution in [2.24, 2.45) is 23.5 Å². The summed E-state index contributed by atoms with van der Waals surface area (Å²) in [4.78, 5) is 27.8. The van der Waals surface area contributed by atoms with Gasteiger partial charge in [0.2, 0.25) is 0 Å². The predicted molar refractivity (Wildman–Crippen MR) is 125 cm³/mol. The molecule has 5 rings (SSSR count). The van der Waals surface area contributed by atoms with Gasteiger partial charge in [-0.25, -0.2) is 0 Å². The van der Waals surface area contributed by atoms with Crippen LogP contribution in [0, 0.1) is 17.8 Å². The third-order valence-corrected chi connectivity index (χ3v) is 7.96. The van der Waals surface area contributed by atoms with Crippen molar-refractivity contribution in [2.45, 2.75) is 44.8 Å². The highest BCUT2D eigenvalue weighted by atomic mass is 16.3. The number of aromatic hydroxyl groups is 1. The van der Waals surface area contributed by atoms with Gasteiger partial charge in [0.25, 0.3) is 5.91 Å². The van der Waals surface area contributed by atoms with Gasteiger partial charge in [-0.1, -0.05) is 24.3 Å². The Morgan fingerprint density at radius 2 is 1.97 bits per heavy atom. The maximum absolute atomic E-state index is 13.7. The Hall–Kier alpha value is -3.10. The van der Waals surface area contributed by atoms with E-state index in [1.54, 1.807) is 0 Å². The highest BCUT2D eigenvalue weighted by Crippen LogP contribution is 2.53. The number of phenolic OH excluding ortho intramolecular Hbond substituents is 1. The first-order valence-electron chi connectivity index (χ1n) is 11.7. The lowest BCUT2D eigenvalue weighted by Gasteiger charge is -2.47. The number of allylic oxidation sites excluding steroid dienone is 2. The summed E-state index contributed by atoms with van der Waals surface area (Å²) in [6.07, 6.45) is 6.13. The zero-order valence-corrected chi connectivity index (χ0v) is 19.1. The summed E-state index contributed by atoms with van der Waals surface area (Å²) in [5.74, 6) is -3.74. The standard InChI is InChI=1S/C26H30N2O6/c1-26(34)20-16(11-17(29)21(26)25(27)33)10-15-9-13-5-6-14(12-28-7-3-2-4-8-28)22(30)18(13)23(31)19(15)24(20)32/h2-3,5-6,15-16,20,29-31,34H,4,7-12H2,1H3,(H2,27,33). The molecule has 0 spiro atoms. The molecule has 0 radical (unpaired) electrons. The van der Waals surface area contributed by atoms with Crippen LogP contribution < -0.4 is 5.73 Å². The molecule has 1 aromatic rings. The number of fused-ring (bicyclic) bond motifs is 3. The number of carbonyl (C=O) groups excluding carboxylic acids is 2. The van der Waals surface area contributed by atoms with Crippen LogP contribution in [0.5, 0.6) is 5.75 Å². The average molecular weight is 467 g/mol. The van der Waals surface area contributed by atoms with Gasteiger partial charge in [-0.15, -0.1) is 0 Å². The molecule has 3 aliphatic carbocycles. The van der Waals surface area contributed by atoms with E-state index in [4.69, 9.17) is 5.73 Å². The minimum Gasteiger partial charge on any atom is -0.512 e. The van der Waals surface area contributed by atoms with Crippen LogP contribution in [-0.4, -0.2) is 55.7 Å². The third-order valence-electron chi connectivity index (χ3n) is 7.96. The second kappa shape index (κ2) is 7.99. The molecule has 8 nitrogen and oxygen atoms in total. The summed E-state index contributed by atoms with van der Waals surface area (Å²) in [7, 11) is 0. The van der Waals surface area contributed by atoms with Gasteiger partial charge in [0.1, 0.15) is 22.9 Å². The number of Topliss-reactive ketones (excluding diaryl/α,β-unsaturated/α-hetero) is 1. The molecular formula is C26H30N2O6. The summed E-state index contributed by atoms with van der Waals surface area (Å²) in [6, 6.07) is 3.77. The molecular weight excluding hydrogens is 436 g/mol. The number of nitrogens with two attached hydrogens (primary N) is 1. The molecule has 4 unspecified atom stereocenters. The number of aliphatic hydroxyl groups excluding tert-OH is 2. The molecule has 1 amide bonds. The zero-order valence-electron chi connectivity index (χ0n) is 19.1. The maximum Gasteiger partial charge on any atom is 0.250 e. The molecule has 4 atom stereocenters. The number of benzene rings is 1. The number of hydrogen-bond acceptors (Lipinski definition) is 7. The Balaban J connectivity index is 1.55. The van der Waals surface area contributed by atoms with Crippen molar-refractivity contribution < 1.29 is 30.0 Å². The minimum atomic E-state index is -1.96. The average Bonchev–Trinajstić information content (AvgIpc) is 2.75. The molecule has 180 valence electrons. The van der Waals surface area contributed by atoms with Crippen LogP contribution in [0.25, 0.3) is 5.76 Å². The van der Waals surface area contributed by atoms with E-state index < -0.39 is 29.1 Å². The smallest absolute Gasteiger partial charge is 0.250 e.